The first kappa shape index (κ1) is 7.77. The Bertz CT molecular complexity index is 147. The highest BCUT2D eigenvalue weighted by molar-refractivity contribution is 5.06. The van der Waals surface area contributed by atoms with E-state index in [0.29, 0.717) is 18.3 Å². The van der Waals surface area contributed by atoms with Gasteiger partial charge in [-0.25, -0.2) is 4.39 Å². The summed E-state index contributed by atoms with van der Waals surface area (Å²) in [7, 11) is 0. The third-order valence-corrected chi connectivity index (χ3v) is 2.37. The first-order chi connectivity index (χ1) is 4.51. The zero-order valence-corrected chi connectivity index (χ0v) is 6.89. The molecule has 0 aliphatic heterocycles. The lowest BCUT2D eigenvalue weighted by Gasteiger charge is -2.29. The second-order valence-corrected chi connectivity index (χ2v) is 3.68. The molecule has 0 aromatic rings. The molecule has 58 valence electrons. The van der Waals surface area contributed by atoms with Crippen LogP contribution in [0.2, 0.25) is 0 Å². The van der Waals surface area contributed by atoms with Crippen molar-refractivity contribution in [3.63, 3.8) is 0 Å². The molecule has 0 bridgehead atoms. The molecule has 0 heterocycles. The molecular weight excluding hydrogens is 127 g/mol. The quantitative estimate of drug-likeness (QED) is 0.456. The maximum atomic E-state index is 13.2. The number of rotatable bonds is 0. The van der Waals surface area contributed by atoms with Gasteiger partial charge in [0.15, 0.2) is 0 Å². The fraction of sp³-hybridized carbons (Fsp3) is 0.778. The molecule has 1 aliphatic rings. The molecule has 0 saturated carbocycles. The van der Waals surface area contributed by atoms with Gasteiger partial charge in [0.2, 0.25) is 0 Å². The zero-order chi connectivity index (χ0) is 7.78. The van der Waals surface area contributed by atoms with Crippen LogP contribution in [0.4, 0.5) is 4.39 Å². The van der Waals surface area contributed by atoms with E-state index in [1.165, 1.54) is 0 Å². The van der Waals surface area contributed by atoms with Crippen molar-refractivity contribution in [2.24, 2.45) is 11.8 Å². The van der Waals surface area contributed by atoms with Crippen molar-refractivity contribution in [2.45, 2.75) is 32.9 Å². The van der Waals surface area contributed by atoms with E-state index in [2.05, 4.69) is 13.8 Å². The number of alkyl halides is 1. The SMILES string of the molecule is CC1C=CC(C)(F)CC1C. The summed E-state index contributed by atoms with van der Waals surface area (Å²) in [5.74, 6) is 1.03. The van der Waals surface area contributed by atoms with Crippen LogP contribution in [0.1, 0.15) is 27.2 Å². The molecule has 1 heteroatoms. The minimum atomic E-state index is -1.05. The molecule has 0 saturated heterocycles. The van der Waals surface area contributed by atoms with Crippen molar-refractivity contribution in [2.75, 3.05) is 0 Å². The lowest BCUT2D eigenvalue weighted by atomic mass is 9.80. The summed E-state index contributed by atoms with van der Waals surface area (Å²) in [5.41, 5.74) is -1.05. The van der Waals surface area contributed by atoms with Gasteiger partial charge in [-0.15, -0.1) is 0 Å². The van der Waals surface area contributed by atoms with Crippen molar-refractivity contribution in [1.82, 2.24) is 0 Å². The molecule has 0 N–H and O–H groups in total. The predicted octanol–water partition coefficient (Wildman–Crippen LogP) is 2.95. The monoisotopic (exact) mass is 142 g/mol. The minimum Gasteiger partial charge on any atom is -0.240 e. The van der Waals surface area contributed by atoms with Crippen molar-refractivity contribution in [3.05, 3.63) is 12.2 Å². The van der Waals surface area contributed by atoms with Crippen LogP contribution >= 0.6 is 0 Å². The standard InChI is InChI=1S/C9H15F/c1-7-4-5-9(3,10)6-8(7)2/h4-5,7-8H,6H2,1-3H3. The summed E-state index contributed by atoms with van der Waals surface area (Å²) in [6.45, 7) is 5.88. The average Bonchev–Trinajstić information content (AvgIpc) is 1.79. The normalized spacial score (nSPS) is 47.6. The van der Waals surface area contributed by atoms with Crippen LogP contribution in [-0.2, 0) is 0 Å². The van der Waals surface area contributed by atoms with E-state index in [4.69, 9.17) is 0 Å². The Balaban J connectivity index is 2.69. The van der Waals surface area contributed by atoms with E-state index in [9.17, 15) is 4.39 Å². The Hall–Kier alpha value is -0.330. The largest absolute Gasteiger partial charge is 0.240 e. The Morgan fingerprint density at radius 1 is 1.50 bits per heavy atom. The van der Waals surface area contributed by atoms with Gasteiger partial charge in [-0.2, -0.15) is 0 Å². The Labute approximate surface area is 62.1 Å². The third-order valence-electron chi connectivity index (χ3n) is 2.37. The summed E-state index contributed by atoms with van der Waals surface area (Å²) in [4.78, 5) is 0. The predicted molar refractivity (Wildman–Crippen MR) is 41.6 cm³/mol. The third kappa shape index (κ3) is 1.59. The smallest absolute Gasteiger partial charge is 0.126 e. The van der Waals surface area contributed by atoms with Crippen molar-refractivity contribution in [3.8, 4) is 0 Å². The van der Waals surface area contributed by atoms with Crippen LogP contribution in [0.5, 0.6) is 0 Å². The van der Waals surface area contributed by atoms with E-state index >= 15 is 0 Å². The number of hydrogen-bond donors (Lipinski definition) is 0. The van der Waals surface area contributed by atoms with Crippen LogP contribution < -0.4 is 0 Å². The summed E-state index contributed by atoms with van der Waals surface area (Å²) in [6, 6.07) is 0. The van der Waals surface area contributed by atoms with Crippen LogP contribution in [0.3, 0.4) is 0 Å². The molecule has 1 rings (SSSR count). The molecule has 0 radical (unpaired) electrons. The van der Waals surface area contributed by atoms with Gasteiger partial charge in [-0.1, -0.05) is 26.0 Å². The molecular formula is C9H15F. The zero-order valence-electron chi connectivity index (χ0n) is 6.89. The van der Waals surface area contributed by atoms with E-state index < -0.39 is 5.67 Å². The molecule has 0 fully saturated rings. The van der Waals surface area contributed by atoms with Crippen LogP contribution in [0.25, 0.3) is 0 Å². The van der Waals surface area contributed by atoms with Gasteiger partial charge in [-0.05, 0) is 25.2 Å². The Morgan fingerprint density at radius 2 is 2.10 bits per heavy atom. The first-order valence-corrected chi connectivity index (χ1v) is 3.89. The summed E-state index contributed by atoms with van der Waals surface area (Å²) < 4.78 is 13.2. The van der Waals surface area contributed by atoms with Crippen molar-refractivity contribution < 1.29 is 4.39 Å². The average molecular weight is 142 g/mol. The summed E-state index contributed by atoms with van der Waals surface area (Å²) in [6.07, 6.45) is 4.34. The van der Waals surface area contributed by atoms with Crippen molar-refractivity contribution in [1.29, 1.82) is 0 Å². The van der Waals surface area contributed by atoms with Gasteiger partial charge in [0.1, 0.15) is 5.67 Å². The summed E-state index contributed by atoms with van der Waals surface area (Å²) >= 11 is 0. The maximum Gasteiger partial charge on any atom is 0.126 e. The number of allylic oxidation sites excluding steroid dienone is 2. The molecule has 0 aromatic heterocycles. The molecule has 0 nitrogen and oxygen atoms in total. The maximum absolute atomic E-state index is 13.2. The molecule has 0 spiro atoms. The highest BCUT2D eigenvalue weighted by atomic mass is 19.1. The second-order valence-electron chi connectivity index (χ2n) is 3.68. The highest BCUT2D eigenvalue weighted by Crippen LogP contribution is 2.32. The number of halogens is 1. The molecule has 0 aromatic carbocycles. The molecule has 10 heavy (non-hydrogen) atoms. The topological polar surface area (TPSA) is 0 Å². The van der Waals surface area contributed by atoms with Crippen LogP contribution in [-0.4, -0.2) is 5.67 Å². The van der Waals surface area contributed by atoms with E-state index in [1.807, 2.05) is 6.08 Å². The number of hydrogen-bond acceptors (Lipinski definition) is 0. The van der Waals surface area contributed by atoms with E-state index in [1.54, 1.807) is 13.0 Å². The van der Waals surface area contributed by atoms with Gasteiger partial charge in [0.05, 0.1) is 0 Å². The summed E-state index contributed by atoms with van der Waals surface area (Å²) in [5, 5.41) is 0. The molecule has 3 unspecified atom stereocenters. The molecule has 1 aliphatic carbocycles. The highest BCUT2D eigenvalue weighted by Gasteiger charge is 2.28. The van der Waals surface area contributed by atoms with E-state index in [0.717, 1.165) is 0 Å². The van der Waals surface area contributed by atoms with Crippen LogP contribution in [0.15, 0.2) is 12.2 Å². The molecule has 3 atom stereocenters. The van der Waals surface area contributed by atoms with Gasteiger partial charge < -0.3 is 0 Å². The fourth-order valence-corrected chi connectivity index (χ4v) is 1.43. The van der Waals surface area contributed by atoms with Gasteiger partial charge in [0.25, 0.3) is 0 Å². The van der Waals surface area contributed by atoms with E-state index in [-0.39, 0.29) is 0 Å². The lowest BCUT2D eigenvalue weighted by molar-refractivity contribution is 0.178. The lowest BCUT2D eigenvalue weighted by Crippen LogP contribution is -2.25. The van der Waals surface area contributed by atoms with Crippen molar-refractivity contribution >= 4 is 0 Å². The van der Waals surface area contributed by atoms with Gasteiger partial charge in [-0.3, -0.25) is 0 Å². The molecule has 0 amide bonds. The second kappa shape index (κ2) is 2.37. The Morgan fingerprint density at radius 3 is 2.50 bits per heavy atom. The first-order valence-electron chi connectivity index (χ1n) is 3.89. The Kier molecular flexibility index (Phi) is 1.84. The van der Waals surface area contributed by atoms with Crippen LogP contribution in [0, 0.1) is 11.8 Å². The fourth-order valence-electron chi connectivity index (χ4n) is 1.43. The minimum absolute atomic E-state index is 0.486. The van der Waals surface area contributed by atoms with Gasteiger partial charge >= 0.3 is 0 Å². The van der Waals surface area contributed by atoms with Gasteiger partial charge in [0, 0.05) is 0 Å².